The normalized spacial score (nSPS) is 11.4. The average molecular weight is 381 g/mol. The number of allylic oxidation sites excluding steroid dienone is 1. The van der Waals surface area contributed by atoms with E-state index in [4.69, 9.17) is 0 Å². The largest absolute Gasteiger partial charge is 0.507 e. The monoisotopic (exact) mass is 380 g/mol. The first-order valence-corrected chi connectivity index (χ1v) is 10.9. The van der Waals surface area contributed by atoms with Gasteiger partial charge in [0.15, 0.2) is 0 Å². The number of phenolic OH excluding ortho intramolecular Hbond substituents is 2. The molecule has 0 amide bonds. The predicted octanol–water partition coefficient (Wildman–Crippen LogP) is 7.57. The molecule has 2 aromatic rings. The molecular formula is C26H36O2. The molecule has 2 N–H and O–H groups in total. The van der Waals surface area contributed by atoms with E-state index in [1.807, 2.05) is 19.1 Å². The van der Waals surface area contributed by atoms with Crippen molar-refractivity contribution >= 4 is 6.08 Å². The molecule has 2 nitrogen and oxygen atoms in total. The molecule has 0 radical (unpaired) electrons. The molecule has 0 atom stereocenters. The molecule has 2 aromatic carbocycles. The van der Waals surface area contributed by atoms with Crippen LogP contribution in [-0.4, -0.2) is 10.2 Å². The van der Waals surface area contributed by atoms with Gasteiger partial charge in [0.2, 0.25) is 0 Å². The van der Waals surface area contributed by atoms with Crippen LogP contribution in [0.4, 0.5) is 0 Å². The van der Waals surface area contributed by atoms with Gasteiger partial charge in [-0.1, -0.05) is 58.3 Å². The van der Waals surface area contributed by atoms with Crippen molar-refractivity contribution in [3.8, 4) is 22.6 Å². The van der Waals surface area contributed by atoms with E-state index in [0.29, 0.717) is 5.75 Å². The first kappa shape index (κ1) is 22.1. The van der Waals surface area contributed by atoms with Crippen molar-refractivity contribution in [3.05, 3.63) is 52.6 Å². The summed E-state index contributed by atoms with van der Waals surface area (Å²) >= 11 is 0. The summed E-state index contributed by atoms with van der Waals surface area (Å²) in [4.78, 5) is 0. The Kier molecular flexibility index (Phi) is 8.63. The van der Waals surface area contributed by atoms with Crippen molar-refractivity contribution in [1.82, 2.24) is 0 Å². The lowest BCUT2D eigenvalue weighted by Crippen LogP contribution is -1.95. The lowest BCUT2D eigenvalue weighted by molar-refractivity contribution is 0.462. The van der Waals surface area contributed by atoms with Gasteiger partial charge >= 0.3 is 0 Å². The van der Waals surface area contributed by atoms with Gasteiger partial charge in [-0.15, -0.1) is 0 Å². The fourth-order valence-electron chi connectivity index (χ4n) is 3.54. The second-order valence-corrected chi connectivity index (χ2v) is 7.78. The van der Waals surface area contributed by atoms with Crippen LogP contribution in [0.15, 0.2) is 30.3 Å². The molecule has 0 aromatic heterocycles. The molecule has 0 fully saturated rings. The highest BCUT2D eigenvalue weighted by Gasteiger charge is 2.16. The standard InChI is InChI=1S/C26H36O2/c1-5-8-11-13-20-15-19(4)25(27)23(17-20)24-18-21(12-9-6-2)16-22(26(24)28)14-10-7-3/h11,13,15-18,27-28H,5-10,12,14H2,1-4H3/b13-11-. The van der Waals surface area contributed by atoms with Gasteiger partial charge in [0.25, 0.3) is 0 Å². The van der Waals surface area contributed by atoms with E-state index < -0.39 is 0 Å². The van der Waals surface area contributed by atoms with Crippen LogP contribution < -0.4 is 0 Å². The van der Waals surface area contributed by atoms with Gasteiger partial charge in [0.1, 0.15) is 11.5 Å². The molecular weight excluding hydrogens is 344 g/mol. The molecule has 2 heteroatoms. The molecule has 0 bridgehead atoms. The Balaban J connectivity index is 2.57. The van der Waals surface area contributed by atoms with Gasteiger partial charge in [-0.2, -0.15) is 0 Å². The maximum atomic E-state index is 11.0. The van der Waals surface area contributed by atoms with Crippen LogP contribution in [0, 0.1) is 6.92 Å². The molecule has 0 aliphatic heterocycles. The van der Waals surface area contributed by atoms with E-state index in [2.05, 4.69) is 45.1 Å². The number of hydrogen-bond donors (Lipinski definition) is 2. The van der Waals surface area contributed by atoms with Crippen LogP contribution >= 0.6 is 0 Å². The Morgan fingerprint density at radius 1 is 0.786 bits per heavy atom. The zero-order chi connectivity index (χ0) is 20.5. The second kappa shape index (κ2) is 10.9. The lowest BCUT2D eigenvalue weighted by Gasteiger charge is -2.16. The third kappa shape index (κ3) is 5.64. The molecule has 0 saturated carbocycles. The minimum absolute atomic E-state index is 0.261. The average Bonchev–Trinajstić information content (AvgIpc) is 2.69. The number of aromatic hydroxyl groups is 2. The first-order valence-electron chi connectivity index (χ1n) is 10.9. The van der Waals surface area contributed by atoms with Crippen LogP contribution in [0.25, 0.3) is 17.2 Å². The molecule has 0 heterocycles. The van der Waals surface area contributed by atoms with Gasteiger partial charge in [-0.25, -0.2) is 0 Å². The van der Waals surface area contributed by atoms with Crippen LogP contribution in [-0.2, 0) is 12.8 Å². The fraction of sp³-hybridized carbons (Fsp3) is 0.462. The second-order valence-electron chi connectivity index (χ2n) is 7.78. The van der Waals surface area contributed by atoms with E-state index >= 15 is 0 Å². The molecule has 0 aliphatic carbocycles. The van der Waals surface area contributed by atoms with Crippen molar-refractivity contribution in [2.45, 2.75) is 79.1 Å². The van der Waals surface area contributed by atoms with E-state index in [0.717, 1.165) is 79.2 Å². The van der Waals surface area contributed by atoms with Gasteiger partial charge in [0.05, 0.1) is 0 Å². The number of hydrogen-bond acceptors (Lipinski definition) is 2. The highest BCUT2D eigenvalue weighted by Crippen LogP contribution is 2.41. The summed E-state index contributed by atoms with van der Waals surface area (Å²) in [6.07, 6.45) is 12.7. The lowest BCUT2D eigenvalue weighted by atomic mass is 9.91. The van der Waals surface area contributed by atoms with Crippen LogP contribution in [0.2, 0.25) is 0 Å². The summed E-state index contributed by atoms with van der Waals surface area (Å²) in [5, 5.41) is 21.8. The maximum Gasteiger partial charge on any atom is 0.126 e. The smallest absolute Gasteiger partial charge is 0.126 e. The molecule has 0 spiro atoms. The molecule has 28 heavy (non-hydrogen) atoms. The van der Waals surface area contributed by atoms with Crippen molar-refractivity contribution in [2.75, 3.05) is 0 Å². The Labute approximate surface area is 170 Å². The zero-order valence-corrected chi connectivity index (χ0v) is 18.0. The summed E-state index contributed by atoms with van der Waals surface area (Å²) in [5.41, 5.74) is 5.62. The Bertz CT molecular complexity index is 803. The highest BCUT2D eigenvalue weighted by atomic mass is 16.3. The molecule has 0 aliphatic rings. The Morgan fingerprint density at radius 2 is 1.46 bits per heavy atom. The quantitative estimate of drug-likeness (QED) is 0.446. The van der Waals surface area contributed by atoms with Crippen molar-refractivity contribution in [3.63, 3.8) is 0 Å². The minimum Gasteiger partial charge on any atom is -0.507 e. The zero-order valence-electron chi connectivity index (χ0n) is 18.0. The number of benzene rings is 2. The first-order chi connectivity index (χ1) is 13.5. The van der Waals surface area contributed by atoms with Crippen molar-refractivity contribution in [1.29, 1.82) is 0 Å². The summed E-state index contributed by atoms with van der Waals surface area (Å²) < 4.78 is 0. The number of unbranched alkanes of at least 4 members (excludes halogenated alkanes) is 3. The topological polar surface area (TPSA) is 40.5 Å². The number of rotatable bonds is 10. The highest BCUT2D eigenvalue weighted by molar-refractivity contribution is 5.80. The van der Waals surface area contributed by atoms with Gasteiger partial charge < -0.3 is 10.2 Å². The van der Waals surface area contributed by atoms with Crippen LogP contribution in [0.1, 0.15) is 81.5 Å². The SMILES string of the molecule is CCC/C=C\c1cc(C)c(O)c(-c2cc(CCCC)cc(CCCC)c2O)c1. The number of phenols is 2. The molecule has 152 valence electrons. The summed E-state index contributed by atoms with van der Waals surface area (Å²) in [6.45, 7) is 8.45. The van der Waals surface area contributed by atoms with Crippen LogP contribution in [0.5, 0.6) is 11.5 Å². The van der Waals surface area contributed by atoms with Crippen molar-refractivity contribution in [2.24, 2.45) is 0 Å². The van der Waals surface area contributed by atoms with E-state index in [-0.39, 0.29) is 5.75 Å². The van der Waals surface area contributed by atoms with Gasteiger partial charge in [-0.05, 0) is 79.5 Å². The van der Waals surface area contributed by atoms with Gasteiger partial charge in [0, 0.05) is 11.1 Å². The summed E-state index contributed by atoms with van der Waals surface area (Å²) in [7, 11) is 0. The molecule has 0 saturated heterocycles. The third-order valence-corrected chi connectivity index (χ3v) is 5.25. The van der Waals surface area contributed by atoms with E-state index in [9.17, 15) is 10.2 Å². The summed E-state index contributed by atoms with van der Waals surface area (Å²) in [5.74, 6) is 0.579. The van der Waals surface area contributed by atoms with E-state index in [1.54, 1.807) is 0 Å². The van der Waals surface area contributed by atoms with Gasteiger partial charge in [-0.3, -0.25) is 0 Å². The minimum atomic E-state index is 0.261. The van der Waals surface area contributed by atoms with E-state index in [1.165, 1.54) is 5.56 Å². The third-order valence-electron chi connectivity index (χ3n) is 5.25. The Morgan fingerprint density at radius 3 is 2.14 bits per heavy atom. The van der Waals surface area contributed by atoms with Crippen LogP contribution in [0.3, 0.4) is 0 Å². The predicted molar refractivity (Wildman–Crippen MR) is 121 cm³/mol. The maximum absolute atomic E-state index is 11.0. The van der Waals surface area contributed by atoms with Crippen molar-refractivity contribution < 1.29 is 10.2 Å². The summed E-state index contributed by atoms with van der Waals surface area (Å²) in [6, 6.07) is 8.21. The number of aryl methyl sites for hydroxylation is 3. The fourth-order valence-corrected chi connectivity index (χ4v) is 3.54. The Hall–Kier alpha value is -2.22. The molecule has 0 unspecified atom stereocenters. The molecule has 2 rings (SSSR count).